The molecule has 2 aromatic rings. The monoisotopic (exact) mass is 314 g/mol. The smallest absolute Gasteiger partial charge is 0.235 e. The summed E-state index contributed by atoms with van der Waals surface area (Å²) in [6.07, 6.45) is 3.10. The largest absolute Gasteiger partial charge is 0.508 e. The van der Waals surface area contributed by atoms with E-state index in [4.69, 9.17) is 9.84 Å². The van der Waals surface area contributed by atoms with Crippen LogP contribution in [0.1, 0.15) is 0 Å². The molecule has 1 aromatic heterocycles. The molecule has 0 saturated carbocycles. The predicted molar refractivity (Wildman–Crippen MR) is 62.9 cm³/mol. The molecule has 0 saturated heterocycles. The van der Waals surface area contributed by atoms with Crippen LogP contribution < -0.4 is 4.74 Å². The molecular weight excluding hydrogens is 307 g/mol. The Morgan fingerprint density at radius 3 is 2.60 bits per heavy atom. The van der Waals surface area contributed by atoms with Crippen molar-refractivity contribution in [3.63, 3.8) is 0 Å². The zero-order chi connectivity index (χ0) is 10.7. The molecule has 0 aliphatic heterocycles. The number of halogens is 1. The summed E-state index contributed by atoms with van der Waals surface area (Å²) >= 11 is 2.09. The predicted octanol–water partition coefficient (Wildman–Crippen LogP) is 2.58. The Bertz CT molecular complexity index is 459. The second kappa shape index (κ2) is 4.43. The number of nitrogens with zero attached hydrogens (tertiary/aromatic N) is 2. The van der Waals surface area contributed by atoms with Crippen LogP contribution in [0.3, 0.4) is 0 Å². The Balaban J connectivity index is 2.22. The standard InChI is InChI=1S/C10H7IN2O2/c11-9-5-12-6-13-10(9)15-8-3-1-7(14)2-4-8/h1-6,14H. The molecule has 1 heterocycles. The number of rotatable bonds is 2. The number of phenolic OH excluding ortho intramolecular Hbond substituents is 1. The van der Waals surface area contributed by atoms with Gasteiger partial charge in [0.05, 0.1) is 3.57 Å². The van der Waals surface area contributed by atoms with Crippen LogP contribution in [0.4, 0.5) is 0 Å². The molecule has 0 spiro atoms. The average Bonchev–Trinajstić information content (AvgIpc) is 2.25. The third-order valence-electron chi connectivity index (χ3n) is 1.69. The highest BCUT2D eigenvalue weighted by atomic mass is 127. The van der Waals surface area contributed by atoms with Crippen LogP contribution in [0.25, 0.3) is 0 Å². The van der Waals surface area contributed by atoms with Crippen molar-refractivity contribution >= 4 is 22.6 Å². The SMILES string of the molecule is Oc1ccc(Oc2ncncc2I)cc1. The zero-order valence-corrected chi connectivity index (χ0v) is 9.75. The van der Waals surface area contributed by atoms with Crippen molar-refractivity contribution in [3.05, 3.63) is 40.4 Å². The van der Waals surface area contributed by atoms with E-state index in [0.29, 0.717) is 11.6 Å². The van der Waals surface area contributed by atoms with Gasteiger partial charge in [0, 0.05) is 6.20 Å². The van der Waals surface area contributed by atoms with Gasteiger partial charge in [0.2, 0.25) is 5.88 Å². The summed E-state index contributed by atoms with van der Waals surface area (Å²) in [6.45, 7) is 0. The Labute approximate surface area is 100 Å². The van der Waals surface area contributed by atoms with Crippen molar-refractivity contribution < 1.29 is 9.84 Å². The lowest BCUT2D eigenvalue weighted by Gasteiger charge is -2.05. The van der Waals surface area contributed by atoms with Gasteiger partial charge in [0.25, 0.3) is 0 Å². The summed E-state index contributed by atoms with van der Waals surface area (Å²) in [5.41, 5.74) is 0. The number of aromatic nitrogens is 2. The molecule has 1 aromatic carbocycles. The van der Waals surface area contributed by atoms with E-state index in [2.05, 4.69) is 32.6 Å². The Kier molecular flexibility index (Phi) is 3.00. The van der Waals surface area contributed by atoms with E-state index in [-0.39, 0.29) is 5.75 Å². The molecule has 0 unspecified atom stereocenters. The van der Waals surface area contributed by atoms with Crippen molar-refractivity contribution in [1.82, 2.24) is 9.97 Å². The van der Waals surface area contributed by atoms with Crippen LogP contribution in [0.15, 0.2) is 36.8 Å². The van der Waals surface area contributed by atoms with Crippen molar-refractivity contribution in [2.24, 2.45) is 0 Å². The van der Waals surface area contributed by atoms with E-state index >= 15 is 0 Å². The third-order valence-corrected chi connectivity index (χ3v) is 2.43. The zero-order valence-electron chi connectivity index (χ0n) is 7.59. The van der Waals surface area contributed by atoms with E-state index in [1.807, 2.05) is 0 Å². The molecule has 1 N–H and O–H groups in total. The van der Waals surface area contributed by atoms with E-state index in [1.54, 1.807) is 30.5 Å². The van der Waals surface area contributed by atoms with Crippen LogP contribution in [0.5, 0.6) is 17.4 Å². The molecule has 15 heavy (non-hydrogen) atoms. The second-order valence-electron chi connectivity index (χ2n) is 2.77. The summed E-state index contributed by atoms with van der Waals surface area (Å²) < 4.78 is 6.33. The summed E-state index contributed by atoms with van der Waals surface area (Å²) in [7, 11) is 0. The lowest BCUT2D eigenvalue weighted by Crippen LogP contribution is -1.91. The lowest BCUT2D eigenvalue weighted by molar-refractivity contribution is 0.450. The first-order valence-electron chi connectivity index (χ1n) is 4.18. The maximum atomic E-state index is 9.09. The van der Waals surface area contributed by atoms with Gasteiger partial charge in [-0.25, -0.2) is 9.97 Å². The van der Waals surface area contributed by atoms with Crippen LogP contribution in [0.2, 0.25) is 0 Å². The maximum Gasteiger partial charge on any atom is 0.235 e. The van der Waals surface area contributed by atoms with Crippen molar-refractivity contribution in [3.8, 4) is 17.4 Å². The minimum Gasteiger partial charge on any atom is -0.508 e. The first-order valence-corrected chi connectivity index (χ1v) is 5.26. The minimum absolute atomic E-state index is 0.208. The summed E-state index contributed by atoms with van der Waals surface area (Å²) in [5, 5.41) is 9.09. The van der Waals surface area contributed by atoms with Gasteiger partial charge >= 0.3 is 0 Å². The lowest BCUT2D eigenvalue weighted by atomic mass is 10.3. The van der Waals surface area contributed by atoms with Gasteiger partial charge in [-0.2, -0.15) is 0 Å². The summed E-state index contributed by atoms with van der Waals surface area (Å²) in [5.74, 6) is 1.35. The second-order valence-corrected chi connectivity index (χ2v) is 3.93. The molecule has 0 bridgehead atoms. The topological polar surface area (TPSA) is 55.2 Å². The van der Waals surface area contributed by atoms with Gasteiger partial charge in [-0.3, -0.25) is 0 Å². The normalized spacial score (nSPS) is 9.93. The van der Waals surface area contributed by atoms with Gasteiger partial charge in [-0.1, -0.05) is 0 Å². The molecule has 2 rings (SSSR count). The van der Waals surface area contributed by atoms with E-state index in [9.17, 15) is 0 Å². The molecule has 0 aliphatic rings. The quantitative estimate of drug-likeness (QED) is 0.866. The molecular formula is C10H7IN2O2. The Morgan fingerprint density at radius 1 is 1.20 bits per heavy atom. The van der Waals surface area contributed by atoms with E-state index in [0.717, 1.165) is 3.57 Å². The van der Waals surface area contributed by atoms with Crippen LogP contribution in [0, 0.1) is 3.57 Å². The maximum absolute atomic E-state index is 9.09. The number of hydrogen-bond donors (Lipinski definition) is 1. The fourth-order valence-electron chi connectivity index (χ4n) is 1.00. The van der Waals surface area contributed by atoms with Crippen LogP contribution in [-0.2, 0) is 0 Å². The number of benzene rings is 1. The fraction of sp³-hybridized carbons (Fsp3) is 0. The van der Waals surface area contributed by atoms with Gasteiger partial charge in [0.1, 0.15) is 17.8 Å². The molecule has 5 heteroatoms. The number of ether oxygens (including phenoxy) is 1. The van der Waals surface area contributed by atoms with Crippen molar-refractivity contribution in [2.75, 3.05) is 0 Å². The molecule has 0 aliphatic carbocycles. The average molecular weight is 314 g/mol. The number of hydrogen-bond acceptors (Lipinski definition) is 4. The molecule has 0 amide bonds. The molecule has 4 nitrogen and oxygen atoms in total. The summed E-state index contributed by atoms with van der Waals surface area (Å²) in [6, 6.07) is 6.47. The molecule has 0 fully saturated rings. The van der Waals surface area contributed by atoms with Crippen molar-refractivity contribution in [2.45, 2.75) is 0 Å². The van der Waals surface area contributed by atoms with Gasteiger partial charge in [-0.15, -0.1) is 0 Å². The summed E-state index contributed by atoms with van der Waals surface area (Å²) in [4.78, 5) is 7.85. The van der Waals surface area contributed by atoms with Crippen LogP contribution >= 0.6 is 22.6 Å². The molecule has 0 radical (unpaired) electrons. The van der Waals surface area contributed by atoms with Crippen LogP contribution in [-0.4, -0.2) is 15.1 Å². The van der Waals surface area contributed by atoms with Gasteiger partial charge in [0.15, 0.2) is 0 Å². The van der Waals surface area contributed by atoms with Gasteiger partial charge in [-0.05, 0) is 46.9 Å². The highest BCUT2D eigenvalue weighted by Gasteiger charge is 2.03. The van der Waals surface area contributed by atoms with Crippen molar-refractivity contribution in [1.29, 1.82) is 0 Å². The molecule has 0 atom stereocenters. The van der Waals surface area contributed by atoms with E-state index in [1.165, 1.54) is 6.33 Å². The number of aromatic hydroxyl groups is 1. The third kappa shape index (κ3) is 2.56. The number of phenols is 1. The Hall–Kier alpha value is -1.37. The first kappa shape index (κ1) is 10.2. The highest BCUT2D eigenvalue weighted by Crippen LogP contribution is 2.24. The molecule has 76 valence electrons. The highest BCUT2D eigenvalue weighted by molar-refractivity contribution is 14.1. The van der Waals surface area contributed by atoms with E-state index < -0.39 is 0 Å². The van der Waals surface area contributed by atoms with Gasteiger partial charge < -0.3 is 9.84 Å². The minimum atomic E-state index is 0.208. The first-order chi connectivity index (χ1) is 7.25. The fourth-order valence-corrected chi connectivity index (χ4v) is 1.41. The Morgan fingerprint density at radius 2 is 1.93 bits per heavy atom.